The molecule has 0 aromatic heterocycles. The second kappa shape index (κ2) is 4.75. The minimum atomic E-state index is -3.28. The molecule has 0 amide bonds. The highest BCUT2D eigenvalue weighted by Gasteiger charge is 2.21. The van der Waals surface area contributed by atoms with Gasteiger partial charge in [-0.1, -0.05) is 42.8 Å². The highest BCUT2D eigenvalue weighted by Crippen LogP contribution is 2.20. The Labute approximate surface area is 105 Å². The van der Waals surface area contributed by atoms with Crippen molar-refractivity contribution in [2.45, 2.75) is 20.8 Å². The van der Waals surface area contributed by atoms with Crippen LogP contribution in [0.15, 0.2) is 28.7 Å². The maximum absolute atomic E-state index is 11.8. The van der Waals surface area contributed by atoms with Gasteiger partial charge in [-0.05, 0) is 23.6 Å². The van der Waals surface area contributed by atoms with Crippen LogP contribution in [0.2, 0.25) is 0 Å². The van der Waals surface area contributed by atoms with Gasteiger partial charge >= 0.3 is 0 Å². The molecular formula is C11H16BrNO2S. The van der Waals surface area contributed by atoms with E-state index in [-0.39, 0.29) is 11.2 Å². The molecule has 16 heavy (non-hydrogen) atoms. The topological polar surface area (TPSA) is 46.2 Å². The van der Waals surface area contributed by atoms with Crippen LogP contribution in [0.3, 0.4) is 0 Å². The van der Waals surface area contributed by atoms with Gasteiger partial charge in [0, 0.05) is 10.2 Å². The van der Waals surface area contributed by atoms with E-state index in [1.54, 1.807) is 18.2 Å². The molecule has 3 nitrogen and oxygen atoms in total. The van der Waals surface area contributed by atoms with E-state index in [9.17, 15) is 8.42 Å². The van der Waals surface area contributed by atoms with Gasteiger partial charge in [-0.25, -0.2) is 8.42 Å². The summed E-state index contributed by atoms with van der Waals surface area (Å²) in [7, 11) is -3.28. The van der Waals surface area contributed by atoms with Crippen molar-refractivity contribution in [3.05, 3.63) is 28.7 Å². The van der Waals surface area contributed by atoms with Crippen LogP contribution < -0.4 is 4.72 Å². The molecule has 1 aromatic carbocycles. The highest BCUT2D eigenvalue weighted by atomic mass is 79.9. The molecule has 0 unspecified atom stereocenters. The maximum atomic E-state index is 11.8. The maximum Gasteiger partial charge on any atom is 0.233 e. The zero-order valence-electron chi connectivity index (χ0n) is 9.62. The molecule has 0 heterocycles. The van der Waals surface area contributed by atoms with Gasteiger partial charge in [0.15, 0.2) is 0 Å². The monoisotopic (exact) mass is 305 g/mol. The van der Waals surface area contributed by atoms with Crippen LogP contribution in [0.25, 0.3) is 0 Å². The van der Waals surface area contributed by atoms with Gasteiger partial charge in [0.05, 0.1) is 5.75 Å². The molecule has 90 valence electrons. The number of benzene rings is 1. The third kappa shape index (κ3) is 4.99. The van der Waals surface area contributed by atoms with E-state index in [0.717, 1.165) is 4.47 Å². The molecule has 0 bridgehead atoms. The van der Waals surface area contributed by atoms with Gasteiger partial charge in [-0.2, -0.15) is 0 Å². The van der Waals surface area contributed by atoms with Crippen LogP contribution in [0.4, 0.5) is 5.69 Å². The van der Waals surface area contributed by atoms with Crippen molar-refractivity contribution in [2.24, 2.45) is 5.41 Å². The second-order valence-corrected chi connectivity index (χ2v) is 7.57. The average Bonchev–Trinajstić information content (AvgIpc) is 1.96. The lowest BCUT2D eigenvalue weighted by Gasteiger charge is -2.18. The number of sulfonamides is 1. The van der Waals surface area contributed by atoms with Crippen LogP contribution in [0.5, 0.6) is 0 Å². The molecule has 0 fully saturated rings. The summed E-state index contributed by atoms with van der Waals surface area (Å²) in [5, 5.41) is 0. The predicted molar refractivity (Wildman–Crippen MR) is 71.0 cm³/mol. The van der Waals surface area contributed by atoms with E-state index < -0.39 is 10.0 Å². The lowest BCUT2D eigenvalue weighted by molar-refractivity contribution is 0.463. The van der Waals surface area contributed by atoms with Crippen molar-refractivity contribution in [3.8, 4) is 0 Å². The van der Waals surface area contributed by atoms with E-state index in [0.29, 0.717) is 5.69 Å². The molecule has 0 spiro atoms. The van der Waals surface area contributed by atoms with Crippen LogP contribution in [-0.2, 0) is 10.0 Å². The Kier molecular flexibility index (Phi) is 4.02. The normalized spacial score (nSPS) is 12.5. The first-order valence-electron chi connectivity index (χ1n) is 4.94. The second-order valence-electron chi connectivity index (χ2n) is 4.93. The number of halogens is 1. The largest absolute Gasteiger partial charge is 0.284 e. The molecule has 0 aliphatic rings. The van der Waals surface area contributed by atoms with E-state index in [2.05, 4.69) is 20.7 Å². The smallest absolute Gasteiger partial charge is 0.233 e. The van der Waals surface area contributed by atoms with Crippen molar-refractivity contribution in [3.63, 3.8) is 0 Å². The molecular weight excluding hydrogens is 290 g/mol. The van der Waals surface area contributed by atoms with Crippen molar-refractivity contribution >= 4 is 31.6 Å². The zero-order valence-corrected chi connectivity index (χ0v) is 12.0. The number of nitrogens with one attached hydrogen (secondary N) is 1. The Morgan fingerprint density at radius 2 is 1.94 bits per heavy atom. The summed E-state index contributed by atoms with van der Waals surface area (Å²) in [6.07, 6.45) is 0. The average molecular weight is 306 g/mol. The van der Waals surface area contributed by atoms with Crippen molar-refractivity contribution in [1.82, 2.24) is 0 Å². The van der Waals surface area contributed by atoms with Crippen molar-refractivity contribution in [2.75, 3.05) is 10.5 Å². The summed E-state index contributed by atoms with van der Waals surface area (Å²) < 4.78 is 27.0. The molecule has 0 aliphatic heterocycles. The van der Waals surface area contributed by atoms with E-state index in [1.807, 2.05) is 26.8 Å². The molecule has 0 aliphatic carbocycles. The molecule has 5 heteroatoms. The highest BCUT2D eigenvalue weighted by molar-refractivity contribution is 9.10. The van der Waals surface area contributed by atoms with Gasteiger partial charge in [-0.15, -0.1) is 0 Å². The Morgan fingerprint density at radius 3 is 2.44 bits per heavy atom. The Hall–Kier alpha value is -0.550. The fraction of sp³-hybridized carbons (Fsp3) is 0.455. The molecule has 1 N–H and O–H groups in total. The van der Waals surface area contributed by atoms with Gasteiger partial charge in [0.1, 0.15) is 0 Å². The zero-order chi connectivity index (χ0) is 12.4. The predicted octanol–water partition coefficient (Wildman–Crippen LogP) is 3.24. The molecule has 0 saturated heterocycles. The lowest BCUT2D eigenvalue weighted by Crippen LogP contribution is -2.26. The summed E-state index contributed by atoms with van der Waals surface area (Å²) in [5.41, 5.74) is 0.330. The van der Waals surface area contributed by atoms with Gasteiger partial charge in [0.25, 0.3) is 0 Å². The summed E-state index contributed by atoms with van der Waals surface area (Å²) in [4.78, 5) is 0. The quantitative estimate of drug-likeness (QED) is 0.932. The van der Waals surface area contributed by atoms with Gasteiger partial charge in [-0.3, -0.25) is 4.72 Å². The van der Waals surface area contributed by atoms with Crippen molar-refractivity contribution < 1.29 is 8.42 Å². The minimum Gasteiger partial charge on any atom is -0.284 e. The number of hydrogen-bond acceptors (Lipinski definition) is 2. The van der Waals surface area contributed by atoms with Crippen LogP contribution in [0.1, 0.15) is 20.8 Å². The fourth-order valence-electron chi connectivity index (χ4n) is 1.34. The van der Waals surface area contributed by atoms with E-state index in [4.69, 9.17) is 0 Å². The van der Waals surface area contributed by atoms with Crippen molar-refractivity contribution in [1.29, 1.82) is 0 Å². The summed E-state index contributed by atoms with van der Waals surface area (Å²) in [6, 6.07) is 7.10. The third-order valence-electron chi connectivity index (χ3n) is 1.72. The standard InChI is InChI=1S/C11H16BrNO2S/c1-11(2,3)8-16(14,15)13-10-6-4-5-9(12)7-10/h4-7,13H,8H2,1-3H3. The van der Waals surface area contributed by atoms with Gasteiger partial charge in [0.2, 0.25) is 10.0 Å². The Balaban J connectivity index is 2.81. The summed E-state index contributed by atoms with van der Waals surface area (Å²) in [6.45, 7) is 5.69. The van der Waals surface area contributed by atoms with Crippen LogP contribution in [-0.4, -0.2) is 14.2 Å². The molecule has 1 rings (SSSR count). The molecule has 0 saturated carbocycles. The van der Waals surface area contributed by atoms with Gasteiger partial charge < -0.3 is 0 Å². The summed E-state index contributed by atoms with van der Waals surface area (Å²) >= 11 is 3.30. The number of anilines is 1. The SMILES string of the molecule is CC(C)(C)CS(=O)(=O)Nc1cccc(Br)c1. The fourth-order valence-corrected chi connectivity index (χ4v) is 3.44. The third-order valence-corrected chi connectivity index (χ3v) is 4.01. The first-order chi connectivity index (χ1) is 7.18. The minimum absolute atomic E-state index is 0.104. The molecule has 1 aromatic rings. The van der Waals surface area contributed by atoms with Crippen LogP contribution in [0, 0.1) is 5.41 Å². The first-order valence-corrected chi connectivity index (χ1v) is 7.39. The Morgan fingerprint density at radius 1 is 1.31 bits per heavy atom. The van der Waals surface area contributed by atoms with Crippen LogP contribution >= 0.6 is 15.9 Å². The van der Waals surface area contributed by atoms with E-state index >= 15 is 0 Å². The first kappa shape index (κ1) is 13.5. The Bertz CT molecular complexity index is 463. The number of hydrogen-bond donors (Lipinski definition) is 1. The molecule has 0 radical (unpaired) electrons. The van der Waals surface area contributed by atoms with E-state index in [1.165, 1.54) is 0 Å². The number of rotatable bonds is 3. The molecule has 0 atom stereocenters. The summed E-state index contributed by atoms with van der Waals surface area (Å²) in [5.74, 6) is 0.104. The lowest BCUT2D eigenvalue weighted by atomic mass is 10.0.